The number of aromatic nitrogens is 2. The van der Waals surface area contributed by atoms with Gasteiger partial charge in [0.25, 0.3) is 0 Å². The van der Waals surface area contributed by atoms with Gasteiger partial charge in [-0.05, 0) is 32.9 Å². The highest BCUT2D eigenvalue weighted by molar-refractivity contribution is 5.85. The Morgan fingerprint density at radius 3 is 2.88 bits per heavy atom. The van der Waals surface area contributed by atoms with E-state index in [-0.39, 0.29) is 12.4 Å². The van der Waals surface area contributed by atoms with E-state index in [1.54, 1.807) is 0 Å². The van der Waals surface area contributed by atoms with Crippen LogP contribution in [0.4, 0.5) is 0 Å². The Morgan fingerprint density at radius 2 is 2.24 bits per heavy atom. The van der Waals surface area contributed by atoms with Crippen LogP contribution in [0.15, 0.2) is 4.52 Å². The first-order chi connectivity index (χ1) is 7.83. The quantitative estimate of drug-likeness (QED) is 0.879. The molecule has 0 bridgehead atoms. The van der Waals surface area contributed by atoms with Crippen molar-refractivity contribution in [2.24, 2.45) is 0 Å². The first-order valence-electron chi connectivity index (χ1n) is 6.06. The predicted octanol–water partition coefficient (Wildman–Crippen LogP) is 1.16. The second kappa shape index (κ2) is 5.33. The third kappa shape index (κ3) is 2.97. The van der Waals surface area contributed by atoms with Gasteiger partial charge < -0.3 is 9.84 Å². The number of hydrogen-bond donors (Lipinski definition) is 1. The molecule has 0 aromatic carbocycles. The average Bonchev–Trinajstić information content (AvgIpc) is 2.82. The molecule has 1 aromatic heterocycles. The van der Waals surface area contributed by atoms with Gasteiger partial charge in [0.15, 0.2) is 5.82 Å². The fraction of sp³-hybridized carbons (Fsp3) is 0.818. The summed E-state index contributed by atoms with van der Waals surface area (Å²) in [6, 6.07) is 0.614. The average molecular weight is 259 g/mol. The number of halogens is 1. The highest BCUT2D eigenvalue weighted by Crippen LogP contribution is 2.38. The van der Waals surface area contributed by atoms with E-state index in [0.29, 0.717) is 12.0 Å². The fourth-order valence-electron chi connectivity index (χ4n) is 2.20. The van der Waals surface area contributed by atoms with Crippen LogP contribution in [0.5, 0.6) is 0 Å². The Balaban J connectivity index is 0.00000108. The molecule has 2 heterocycles. The minimum atomic E-state index is 0. The molecule has 1 saturated heterocycles. The third-order valence-electron chi connectivity index (χ3n) is 3.46. The number of rotatable bonds is 4. The van der Waals surface area contributed by atoms with Crippen LogP contribution in [0.3, 0.4) is 0 Å². The molecule has 17 heavy (non-hydrogen) atoms. The van der Waals surface area contributed by atoms with Gasteiger partial charge >= 0.3 is 0 Å². The first kappa shape index (κ1) is 12.8. The molecule has 0 amide bonds. The number of nitrogens with one attached hydrogen (secondary N) is 1. The topological polar surface area (TPSA) is 54.2 Å². The van der Waals surface area contributed by atoms with Crippen LogP contribution in [0.1, 0.15) is 36.9 Å². The van der Waals surface area contributed by atoms with Crippen molar-refractivity contribution in [2.45, 2.75) is 37.8 Å². The Kier molecular flexibility index (Phi) is 4.01. The number of likely N-dealkylation sites (N-methyl/N-ethyl adjacent to an activating group) is 1. The zero-order valence-electron chi connectivity index (χ0n) is 10.1. The monoisotopic (exact) mass is 258 g/mol. The molecular formula is C11H19ClN4O. The van der Waals surface area contributed by atoms with Gasteiger partial charge in [-0.25, -0.2) is 0 Å². The number of nitrogens with zero attached hydrogens (tertiary/aromatic N) is 3. The van der Waals surface area contributed by atoms with Crippen LogP contribution in [0, 0.1) is 0 Å². The van der Waals surface area contributed by atoms with Crippen molar-refractivity contribution in [1.29, 1.82) is 0 Å². The third-order valence-corrected chi connectivity index (χ3v) is 3.46. The fourth-order valence-corrected chi connectivity index (χ4v) is 2.20. The van der Waals surface area contributed by atoms with Crippen molar-refractivity contribution in [3.63, 3.8) is 0 Å². The van der Waals surface area contributed by atoms with Crippen LogP contribution in [-0.4, -0.2) is 41.2 Å². The Labute approximate surface area is 107 Å². The molecule has 1 unspecified atom stereocenters. The summed E-state index contributed by atoms with van der Waals surface area (Å²) < 4.78 is 5.25. The van der Waals surface area contributed by atoms with Crippen LogP contribution in [0.25, 0.3) is 0 Å². The first-order valence-corrected chi connectivity index (χ1v) is 6.06. The molecule has 1 aromatic rings. The van der Waals surface area contributed by atoms with Gasteiger partial charge in [0, 0.05) is 18.5 Å². The molecule has 6 heteroatoms. The highest BCUT2D eigenvalue weighted by Gasteiger charge is 2.30. The van der Waals surface area contributed by atoms with Crippen LogP contribution < -0.4 is 5.32 Å². The Morgan fingerprint density at radius 1 is 1.41 bits per heavy atom. The van der Waals surface area contributed by atoms with Crippen molar-refractivity contribution in [3.8, 4) is 0 Å². The van der Waals surface area contributed by atoms with Crippen molar-refractivity contribution >= 4 is 12.4 Å². The molecule has 5 nitrogen and oxygen atoms in total. The van der Waals surface area contributed by atoms with E-state index in [2.05, 4.69) is 27.4 Å². The van der Waals surface area contributed by atoms with E-state index in [0.717, 1.165) is 31.3 Å². The molecular weight excluding hydrogens is 240 g/mol. The summed E-state index contributed by atoms with van der Waals surface area (Å²) in [5.74, 6) is 2.23. The SMILES string of the molecule is CN(Cc1noc(C2CC2)n1)C1CCNC1.Cl. The van der Waals surface area contributed by atoms with Crippen molar-refractivity contribution < 1.29 is 4.52 Å². The zero-order valence-corrected chi connectivity index (χ0v) is 10.9. The summed E-state index contributed by atoms with van der Waals surface area (Å²) in [6.45, 7) is 2.99. The minimum Gasteiger partial charge on any atom is -0.339 e. The van der Waals surface area contributed by atoms with Gasteiger partial charge in [-0.1, -0.05) is 5.16 Å². The Bertz CT molecular complexity index is 360. The summed E-state index contributed by atoms with van der Waals surface area (Å²) in [5, 5.41) is 7.41. The smallest absolute Gasteiger partial charge is 0.229 e. The van der Waals surface area contributed by atoms with E-state index in [4.69, 9.17) is 4.52 Å². The summed E-state index contributed by atoms with van der Waals surface area (Å²) in [6.07, 6.45) is 3.64. The van der Waals surface area contributed by atoms with Gasteiger partial charge in [-0.15, -0.1) is 12.4 Å². The summed E-state index contributed by atoms with van der Waals surface area (Å²) in [5.41, 5.74) is 0. The number of hydrogen-bond acceptors (Lipinski definition) is 5. The summed E-state index contributed by atoms with van der Waals surface area (Å²) in [7, 11) is 2.13. The lowest BCUT2D eigenvalue weighted by Gasteiger charge is -2.21. The zero-order chi connectivity index (χ0) is 11.0. The molecule has 0 radical (unpaired) electrons. The maximum absolute atomic E-state index is 5.25. The molecule has 1 N–H and O–H groups in total. The molecule has 1 aliphatic heterocycles. The normalized spacial score (nSPS) is 24.0. The molecule has 2 aliphatic rings. The molecule has 1 aliphatic carbocycles. The molecule has 0 spiro atoms. The van der Waals surface area contributed by atoms with Crippen molar-refractivity contribution in [2.75, 3.05) is 20.1 Å². The lowest BCUT2D eigenvalue weighted by Crippen LogP contribution is -2.33. The van der Waals surface area contributed by atoms with Crippen LogP contribution >= 0.6 is 12.4 Å². The molecule has 2 fully saturated rings. The molecule has 96 valence electrons. The lowest BCUT2D eigenvalue weighted by molar-refractivity contribution is 0.239. The van der Waals surface area contributed by atoms with Crippen molar-refractivity contribution in [3.05, 3.63) is 11.7 Å². The molecule has 1 atom stereocenters. The summed E-state index contributed by atoms with van der Waals surface area (Å²) in [4.78, 5) is 6.75. The second-order valence-electron chi connectivity index (χ2n) is 4.88. The van der Waals surface area contributed by atoms with Gasteiger partial charge in [0.2, 0.25) is 5.89 Å². The van der Waals surface area contributed by atoms with Gasteiger partial charge in [0.05, 0.1) is 6.54 Å². The van der Waals surface area contributed by atoms with Crippen LogP contribution in [-0.2, 0) is 6.54 Å². The molecule has 1 saturated carbocycles. The predicted molar refractivity (Wildman–Crippen MR) is 66.3 cm³/mol. The van der Waals surface area contributed by atoms with E-state index >= 15 is 0 Å². The maximum atomic E-state index is 5.25. The largest absolute Gasteiger partial charge is 0.339 e. The van der Waals surface area contributed by atoms with E-state index in [9.17, 15) is 0 Å². The Hall–Kier alpha value is -0.650. The van der Waals surface area contributed by atoms with Gasteiger partial charge in [-0.2, -0.15) is 4.98 Å². The standard InChI is InChI=1S/C11H18N4O.ClH/c1-15(9-4-5-12-6-9)7-10-13-11(16-14-10)8-2-3-8;/h8-9,12H,2-7H2,1H3;1H. The molecule has 3 rings (SSSR count). The van der Waals surface area contributed by atoms with E-state index < -0.39 is 0 Å². The maximum Gasteiger partial charge on any atom is 0.229 e. The van der Waals surface area contributed by atoms with Crippen LogP contribution in [0.2, 0.25) is 0 Å². The van der Waals surface area contributed by atoms with Crippen molar-refractivity contribution in [1.82, 2.24) is 20.4 Å². The minimum absolute atomic E-state index is 0. The second-order valence-corrected chi connectivity index (χ2v) is 4.88. The summed E-state index contributed by atoms with van der Waals surface area (Å²) >= 11 is 0. The lowest BCUT2D eigenvalue weighted by atomic mass is 10.2. The van der Waals surface area contributed by atoms with Gasteiger partial charge in [-0.3, -0.25) is 4.90 Å². The van der Waals surface area contributed by atoms with E-state index in [1.807, 2.05) is 0 Å². The van der Waals surface area contributed by atoms with Gasteiger partial charge in [0.1, 0.15) is 0 Å². The van der Waals surface area contributed by atoms with E-state index in [1.165, 1.54) is 19.3 Å². The highest BCUT2D eigenvalue weighted by atomic mass is 35.5.